The topological polar surface area (TPSA) is 287 Å². The van der Waals surface area contributed by atoms with Crippen molar-refractivity contribution in [2.75, 3.05) is 26.4 Å². The maximum atomic E-state index is 11.2. The first-order valence-electron chi connectivity index (χ1n) is 23.1. The third-order valence-electron chi connectivity index (χ3n) is 16.9. The molecule has 11 N–H and O–H groups in total. The molecule has 4 aliphatic heterocycles. The van der Waals surface area contributed by atoms with Gasteiger partial charge in [-0.2, -0.15) is 0 Å². The first kappa shape index (κ1) is 47.4. The van der Waals surface area contributed by atoms with Gasteiger partial charge in [-0.3, -0.25) is 0 Å². The number of rotatable bonds is 13. The monoisotopic (exact) mass is 888 g/mol. The van der Waals surface area contributed by atoms with E-state index in [1.54, 1.807) is 0 Å². The summed E-state index contributed by atoms with van der Waals surface area (Å²) >= 11 is 0. The first-order valence-corrected chi connectivity index (χ1v) is 23.1. The minimum Gasteiger partial charge on any atom is -0.494 e. The molecule has 62 heavy (non-hydrogen) atoms. The molecule has 0 radical (unpaired) electrons. The van der Waals surface area contributed by atoms with Crippen molar-refractivity contribution >= 4 is 0 Å². The van der Waals surface area contributed by atoms with E-state index in [1.165, 1.54) is 0 Å². The highest BCUT2D eigenvalue weighted by molar-refractivity contribution is 5.20. The lowest BCUT2D eigenvalue weighted by Crippen LogP contribution is -2.65. The summed E-state index contributed by atoms with van der Waals surface area (Å²) in [7, 11) is 0. The summed E-state index contributed by atoms with van der Waals surface area (Å²) < 4.78 is 42.0. The highest BCUT2D eigenvalue weighted by Gasteiger charge is 2.64. The molecule has 356 valence electrons. The van der Waals surface area contributed by atoms with Gasteiger partial charge < -0.3 is 89.3 Å². The number of fused-ring (bicyclic) bond motifs is 7. The maximum absolute atomic E-state index is 11.2. The van der Waals surface area contributed by atoms with Crippen molar-refractivity contribution in [3.63, 3.8) is 0 Å². The van der Waals surface area contributed by atoms with Crippen LogP contribution in [-0.4, -0.2) is 187 Å². The molecule has 0 unspecified atom stereocenters. The number of hydrogen-bond acceptors (Lipinski definition) is 18. The Kier molecular flexibility index (Phi) is 14.4. The predicted molar refractivity (Wildman–Crippen MR) is 213 cm³/mol. The molecule has 0 aromatic heterocycles. The number of aliphatic hydroxyl groups excluding tert-OH is 11. The van der Waals surface area contributed by atoms with Gasteiger partial charge in [0.15, 0.2) is 18.9 Å². The van der Waals surface area contributed by atoms with E-state index in [0.717, 1.165) is 70.0 Å². The fourth-order valence-electron chi connectivity index (χ4n) is 13.1. The van der Waals surface area contributed by atoms with E-state index < -0.39 is 112 Å². The zero-order valence-corrected chi connectivity index (χ0v) is 36.0. The maximum Gasteiger partial charge on any atom is 0.187 e. The predicted octanol–water partition coefficient (Wildman–Crippen LogP) is -1.22. The Labute approximate surface area is 362 Å². The summed E-state index contributed by atoms with van der Waals surface area (Å²) in [5.74, 6) is 3.52. The quantitative estimate of drug-likeness (QED) is 0.0967. The van der Waals surface area contributed by atoms with Crippen LogP contribution in [0.2, 0.25) is 0 Å². The van der Waals surface area contributed by atoms with E-state index in [4.69, 9.17) is 33.2 Å². The van der Waals surface area contributed by atoms with Crippen molar-refractivity contribution in [2.24, 2.45) is 46.3 Å². The fraction of sp³-hybridized carbons (Fsp3) is 0.955. The van der Waals surface area contributed by atoms with Gasteiger partial charge in [-0.25, -0.2) is 0 Å². The summed E-state index contributed by atoms with van der Waals surface area (Å²) in [4.78, 5) is 0. The molecular weight excluding hydrogens is 816 g/mol. The van der Waals surface area contributed by atoms with Gasteiger partial charge >= 0.3 is 0 Å². The number of allylic oxidation sites excluding steroid dienone is 1. The Bertz CT molecular complexity index is 1540. The van der Waals surface area contributed by atoms with Crippen LogP contribution in [0.3, 0.4) is 0 Å². The van der Waals surface area contributed by atoms with Crippen LogP contribution in [0, 0.1) is 46.3 Å². The summed E-state index contributed by atoms with van der Waals surface area (Å²) in [6, 6.07) is 0. The van der Waals surface area contributed by atoms with E-state index in [1.807, 2.05) is 6.92 Å². The zero-order chi connectivity index (χ0) is 44.4. The van der Waals surface area contributed by atoms with E-state index in [2.05, 4.69) is 19.9 Å². The van der Waals surface area contributed by atoms with Crippen LogP contribution in [0.1, 0.15) is 85.0 Å². The molecule has 18 nitrogen and oxygen atoms in total. The molecule has 0 bridgehead atoms. The molecule has 4 aliphatic carbocycles. The van der Waals surface area contributed by atoms with E-state index in [0.29, 0.717) is 29.6 Å². The molecule has 18 heteroatoms. The summed E-state index contributed by atoms with van der Waals surface area (Å²) in [6.45, 7) is 5.47. The zero-order valence-electron chi connectivity index (χ0n) is 36.0. The Morgan fingerprint density at radius 3 is 1.90 bits per heavy atom. The van der Waals surface area contributed by atoms with Gasteiger partial charge in [0.25, 0.3) is 0 Å². The Hall–Kier alpha value is -1.14. The summed E-state index contributed by atoms with van der Waals surface area (Å²) in [6.07, 6.45) is -9.70. The van der Waals surface area contributed by atoms with Gasteiger partial charge in [0.1, 0.15) is 79.4 Å². The van der Waals surface area contributed by atoms with Crippen molar-refractivity contribution in [2.45, 2.75) is 189 Å². The van der Waals surface area contributed by atoms with Crippen molar-refractivity contribution in [3.8, 4) is 0 Å². The van der Waals surface area contributed by atoms with Crippen LogP contribution >= 0.6 is 0 Å². The molecule has 8 rings (SSSR count). The van der Waals surface area contributed by atoms with E-state index in [9.17, 15) is 56.2 Å². The Morgan fingerprint density at radius 2 is 1.24 bits per heavy atom. The van der Waals surface area contributed by atoms with Crippen LogP contribution in [0.15, 0.2) is 11.8 Å². The minimum atomic E-state index is -1.74. The second-order valence-corrected chi connectivity index (χ2v) is 20.5. The van der Waals surface area contributed by atoms with Gasteiger partial charge in [0.2, 0.25) is 0 Å². The van der Waals surface area contributed by atoms with Crippen LogP contribution in [0.4, 0.5) is 0 Å². The minimum absolute atomic E-state index is 0.0977. The van der Waals surface area contributed by atoms with Gasteiger partial charge in [-0.05, 0) is 104 Å². The molecule has 0 aromatic carbocycles. The van der Waals surface area contributed by atoms with Crippen molar-refractivity contribution in [1.29, 1.82) is 0 Å². The van der Waals surface area contributed by atoms with Gasteiger partial charge in [-0.15, -0.1) is 0 Å². The lowest BCUT2D eigenvalue weighted by molar-refractivity contribution is -0.373. The second-order valence-electron chi connectivity index (χ2n) is 20.5. The van der Waals surface area contributed by atoms with Gasteiger partial charge in [0.05, 0.1) is 38.3 Å². The van der Waals surface area contributed by atoms with Gasteiger partial charge in [-0.1, -0.05) is 20.8 Å². The van der Waals surface area contributed by atoms with E-state index in [-0.39, 0.29) is 35.6 Å². The molecule has 0 amide bonds. The molecule has 0 spiro atoms. The van der Waals surface area contributed by atoms with Crippen molar-refractivity contribution in [3.05, 3.63) is 11.8 Å². The largest absolute Gasteiger partial charge is 0.494 e. The lowest BCUT2D eigenvalue weighted by Gasteiger charge is -2.61. The number of hydrogen-bond donors (Lipinski definition) is 11. The molecule has 0 aromatic rings. The Balaban J connectivity index is 0.858. The average molecular weight is 889 g/mol. The van der Waals surface area contributed by atoms with Crippen LogP contribution < -0.4 is 0 Å². The highest BCUT2D eigenvalue weighted by atomic mass is 16.8. The summed E-state index contributed by atoms with van der Waals surface area (Å²) in [5.41, 5.74) is 0.234. The second kappa shape index (κ2) is 18.9. The normalized spacial score (nSPS) is 53.2. The third kappa shape index (κ3) is 8.54. The molecular formula is C44H72O18. The van der Waals surface area contributed by atoms with Crippen molar-refractivity contribution in [1.82, 2.24) is 0 Å². The molecule has 3 saturated heterocycles. The smallest absolute Gasteiger partial charge is 0.187 e. The third-order valence-corrected chi connectivity index (χ3v) is 16.9. The van der Waals surface area contributed by atoms with Crippen LogP contribution in [0.5, 0.6) is 0 Å². The molecule has 4 heterocycles. The molecule has 8 aliphatic rings. The standard InChI is InChI=1S/C44H72O18/c1-19(18-56-40-37(54)34(51)31(48)28(15-45)59-40)4-6-21-13-26-27(57-21)14-25-23-7-5-20-12-22(8-10-43(20,2)24(23)9-11-44(25,26)3)58-42-39(36(53)33(50)30(17-47)61-42)62-41-38(55)35(52)32(49)29(16-46)60-41/h13,19-20,22-42,45-55H,4-12,14-18H2,1-3H3/t19-,20+,22-,23+,24-,25-,26-,27-,28+,29+,30+,31+,32+,33-,34-,35-,36-,37+,38+,39+,40+,41-,42+,43-,44-/m0/s1. The first-order chi connectivity index (χ1) is 29.5. The van der Waals surface area contributed by atoms with Gasteiger partial charge in [0, 0.05) is 12.3 Å². The highest BCUT2D eigenvalue weighted by Crippen LogP contribution is 2.69. The lowest BCUT2D eigenvalue weighted by atomic mass is 9.44. The molecule has 25 atom stereocenters. The number of aliphatic hydroxyl groups is 11. The summed E-state index contributed by atoms with van der Waals surface area (Å²) in [5, 5.41) is 113. The SMILES string of the molecule is C[C@@H](CCC1=C[C@H]2[C@H](C[C@H]3[C@@H]4CC[C@@H]5C[C@@H](O[C@@H]6O[C@H](CO)[C@H](O)[C@H](O)[C@H]6O[C@@H]6O[C@H](CO)[C@@H](O)[C@H](O)[C@H]6O)CC[C@]5(C)[C@H]4CC[C@]23C)O1)CO[C@@H]1O[C@H](CO)[C@@H](O)[C@H](O)[C@H]1O. The van der Waals surface area contributed by atoms with Crippen LogP contribution in [-0.2, 0) is 33.2 Å². The van der Waals surface area contributed by atoms with Crippen molar-refractivity contribution < 1.29 is 89.3 Å². The average Bonchev–Trinajstić information content (AvgIpc) is 3.80. The Morgan fingerprint density at radius 1 is 0.645 bits per heavy atom. The van der Waals surface area contributed by atoms with E-state index >= 15 is 0 Å². The molecule has 4 saturated carbocycles. The van der Waals surface area contributed by atoms with Crippen LogP contribution in [0.25, 0.3) is 0 Å². The number of ether oxygens (including phenoxy) is 7. The fourth-order valence-corrected chi connectivity index (χ4v) is 13.1. The molecule has 7 fully saturated rings.